The van der Waals surface area contributed by atoms with E-state index in [4.69, 9.17) is 0 Å². The maximum Gasteiger partial charge on any atom is 0.257 e. The Balaban J connectivity index is 1.69. The Labute approximate surface area is 140 Å². The third-order valence-corrected chi connectivity index (χ3v) is 4.16. The first-order chi connectivity index (χ1) is 11.5. The van der Waals surface area contributed by atoms with E-state index in [1.54, 1.807) is 25.2 Å². The Morgan fingerprint density at radius 1 is 1.25 bits per heavy atom. The molecule has 0 spiro atoms. The molecule has 0 aliphatic rings. The molecular weight excluding hydrogens is 331 g/mol. The highest BCUT2D eigenvalue weighted by atomic mass is 32.1. The van der Waals surface area contributed by atoms with Crippen LogP contribution in [-0.4, -0.2) is 20.7 Å². The Morgan fingerprint density at radius 3 is 2.71 bits per heavy atom. The van der Waals surface area contributed by atoms with Crippen molar-refractivity contribution < 1.29 is 9.18 Å². The number of halogens is 1. The molecule has 0 saturated carbocycles. The van der Waals surface area contributed by atoms with Gasteiger partial charge in [0.25, 0.3) is 11.5 Å². The molecule has 2 heterocycles. The molecule has 1 aromatic carbocycles. The van der Waals surface area contributed by atoms with E-state index in [2.05, 4.69) is 15.5 Å². The molecule has 6 nitrogen and oxygen atoms in total. The number of amides is 1. The molecule has 0 aliphatic heterocycles. The fourth-order valence-electron chi connectivity index (χ4n) is 2.01. The van der Waals surface area contributed by atoms with E-state index in [9.17, 15) is 14.0 Å². The summed E-state index contributed by atoms with van der Waals surface area (Å²) in [7, 11) is 1.61. The average Bonchev–Trinajstić information content (AvgIpc) is 2.99. The minimum atomic E-state index is -0.419. The van der Waals surface area contributed by atoms with Gasteiger partial charge in [-0.05, 0) is 23.8 Å². The van der Waals surface area contributed by atoms with Crippen LogP contribution in [0.1, 0.15) is 20.9 Å². The fourth-order valence-corrected chi connectivity index (χ4v) is 2.78. The molecule has 1 amide bonds. The van der Waals surface area contributed by atoms with Crippen molar-refractivity contribution >= 4 is 22.4 Å². The number of anilines is 1. The summed E-state index contributed by atoms with van der Waals surface area (Å²) in [6.07, 6.45) is 2.02. The summed E-state index contributed by atoms with van der Waals surface area (Å²) in [6.45, 7) is 0. The first kappa shape index (κ1) is 16.0. The van der Waals surface area contributed by atoms with Gasteiger partial charge in [-0.3, -0.25) is 14.9 Å². The predicted octanol–water partition coefficient (Wildman–Crippen LogP) is 2.22. The molecule has 0 aliphatic carbocycles. The molecular formula is C16H13FN4O2S. The van der Waals surface area contributed by atoms with Crippen LogP contribution < -0.4 is 10.9 Å². The first-order valence-electron chi connectivity index (χ1n) is 7.06. The molecule has 24 heavy (non-hydrogen) atoms. The van der Waals surface area contributed by atoms with E-state index in [-0.39, 0.29) is 16.9 Å². The van der Waals surface area contributed by atoms with E-state index in [0.29, 0.717) is 16.6 Å². The highest BCUT2D eigenvalue weighted by molar-refractivity contribution is 7.15. The van der Waals surface area contributed by atoms with Crippen LogP contribution in [-0.2, 0) is 13.5 Å². The Kier molecular flexibility index (Phi) is 4.48. The summed E-state index contributed by atoms with van der Waals surface area (Å²) < 4.78 is 14.3. The number of pyridine rings is 1. The number of benzene rings is 1. The van der Waals surface area contributed by atoms with Gasteiger partial charge in [-0.25, -0.2) is 4.39 Å². The van der Waals surface area contributed by atoms with E-state index >= 15 is 0 Å². The maximum atomic E-state index is 12.9. The van der Waals surface area contributed by atoms with Crippen LogP contribution in [0, 0.1) is 5.82 Å². The molecule has 2 aromatic heterocycles. The van der Waals surface area contributed by atoms with Gasteiger partial charge in [-0.2, -0.15) is 0 Å². The first-order valence-corrected chi connectivity index (χ1v) is 7.88. The predicted molar refractivity (Wildman–Crippen MR) is 88.8 cm³/mol. The van der Waals surface area contributed by atoms with Crippen molar-refractivity contribution in [1.82, 2.24) is 14.8 Å². The van der Waals surface area contributed by atoms with Gasteiger partial charge >= 0.3 is 0 Å². The van der Waals surface area contributed by atoms with Crippen LogP contribution in [0.4, 0.5) is 9.52 Å². The third-order valence-electron chi connectivity index (χ3n) is 3.32. The fraction of sp³-hybridized carbons (Fsp3) is 0.125. The summed E-state index contributed by atoms with van der Waals surface area (Å²) in [5.41, 5.74) is 0.891. The van der Waals surface area contributed by atoms with Gasteiger partial charge in [0.15, 0.2) is 0 Å². The molecule has 0 radical (unpaired) electrons. The smallest absolute Gasteiger partial charge is 0.257 e. The zero-order chi connectivity index (χ0) is 17.1. The molecule has 0 fully saturated rings. The Morgan fingerprint density at radius 2 is 2.00 bits per heavy atom. The number of rotatable bonds is 4. The molecule has 0 atom stereocenters. The standard InChI is InChI=1S/C16H13FN4O2S/c1-21-7-6-11(9-14(21)22)15(23)18-16-20-19-13(24-16)8-10-2-4-12(17)5-3-10/h2-7,9H,8H2,1H3,(H,18,20,23). The van der Waals surface area contributed by atoms with Crippen LogP contribution in [0.2, 0.25) is 0 Å². The van der Waals surface area contributed by atoms with Gasteiger partial charge in [0, 0.05) is 31.3 Å². The quantitative estimate of drug-likeness (QED) is 0.787. The topological polar surface area (TPSA) is 76.9 Å². The van der Waals surface area contributed by atoms with Crippen molar-refractivity contribution in [1.29, 1.82) is 0 Å². The van der Waals surface area contributed by atoms with Crippen LogP contribution in [0.15, 0.2) is 47.4 Å². The largest absolute Gasteiger partial charge is 0.319 e. The number of aromatic nitrogens is 3. The maximum absolute atomic E-state index is 12.9. The highest BCUT2D eigenvalue weighted by Gasteiger charge is 2.11. The number of hydrogen-bond donors (Lipinski definition) is 1. The van der Waals surface area contributed by atoms with E-state index in [1.807, 2.05) is 0 Å². The molecule has 3 rings (SSSR count). The lowest BCUT2D eigenvalue weighted by Gasteiger charge is -2.02. The monoisotopic (exact) mass is 344 g/mol. The molecule has 0 unspecified atom stereocenters. The van der Waals surface area contributed by atoms with Gasteiger partial charge in [0.2, 0.25) is 5.13 Å². The molecule has 1 N–H and O–H groups in total. The number of nitrogens with one attached hydrogen (secondary N) is 1. The number of hydrogen-bond acceptors (Lipinski definition) is 5. The number of aryl methyl sites for hydroxylation is 1. The van der Waals surface area contributed by atoms with Crippen LogP contribution in [0.25, 0.3) is 0 Å². The lowest BCUT2D eigenvalue weighted by Crippen LogP contribution is -2.19. The van der Waals surface area contributed by atoms with Crippen molar-refractivity contribution in [2.24, 2.45) is 7.05 Å². The second kappa shape index (κ2) is 6.71. The number of nitrogens with zero attached hydrogens (tertiary/aromatic N) is 3. The minimum Gasteiger partial charge on any atom is -0.319 e. The summed E-state index contributed by atoms with van der Waals surface area (Å²) >= 11 is 1.23. The number of carbonyl (C=O) groups excluding carboxylic acids is 1. The average molecular weight is 344 g/mol. The Bertz CT molecular complexity index is 934. The van der Waals surface area contributed by atoms with Gasteiger partial charge in [-0.15, -0.1) is 10.2 Å². The summed E-state index contributed by atoms with van der Waals surface area (Å²) in [5, 5.41) is 11.6. The van der Waals surface area contributed by atoms with Crippen molar-refractivity contribution in [3.8, 4) is 0 Å². The minimum absolute atomic E-state index is 0.258. The lowest BCUT2D eigenvalue weighted by atomic mass is 10.2. The van der Waals surface area contributed by atoms with Crippen molar-refractivity contribution in [3.63, 3.8) is 0 Å². The van der Waals surface area contributed by atoms with Gasteiger partial charge in [0.1, 0.15) is 10.8 Å². The van der Waals surface area contributed by atoms with Crippen molar-refractivity contribution in [3.05, 3.63) is 74.9 Å². The van der Waals surface area contributed by atoms with Gasteiger partial charge in [0.05, 0.1) is 0 Å². The van der Waals surface area contributed by atoms with E-state index < -0.39 is 5.91 Å². The molecule has 0 saturated heterocycles. The normalized spacial score (nSPS) is 10.6. The zero-order valence-electron chi connectivity index (χ0n) is 12.7. The molecule has 0 bridgehead atoms. The zero-order valence-corrected chi connectivity index (χ0v) is 13.5. The third kappa shape index (κ3) is 3.72. The number of carbonyl (C=O) groups is 1. The van der Waals surface area contributed by atoms with Crippen LogP contribution >= 0.6 is 11.3 Å². The highest BCUT2D eigenvalue weighted by Crippen LogP contribution is 2.19. The second-order valence-corrected chi connectivity index (χ2v) is 6.18. The Hall–Kier alpha value is -2.87. The summed E-state index contributed by atoms with van der Waals surface area (Å²) in [4.78, 5) is 23.7. The van der Waals surface area contributed by atoms with E-state index in [0.717, 1.165) is 5.56 Å². The van der Waals surface area contributed by atoms with E-state index in [1.165, 1.54) is 40.3 Å². The van der Waals surface area contributed by atoms with Gasteiger partial charge in [-0.1, -0.05) is 23.5 Å². The van der Waals surface area contributed by atoms with Crippen LogP contribution in [0.3, 0.4) is 0 Å². The molecule has 8 heteroatoms. The van der Waals surface area contributed by atoms with Crippen molar-refractivity contribution in [2.45, 2.75) is 6.42 Å². The lowest BCUT2D eigenvalue weighted by molar-refractivity contribution is 0.102. The molecule has 3 aromatic rings. The SMILES string of the molecule is Cn1ccc(C(=O)Nc2nnc(Cc3ccc(F)cc3)s2)cc1=O. The van der Waals surface area contributed by atoms with Gasteiger partial charge < -0.3 is 4.57 Å². The van der Waals surface area contributed by atoms with Crippen LogP contribution in [0.5, 0.6) is 0 Å². The second-order valence-electron chi connectivity index (χ2n) is 5.12. The summed E-state index contributed by atoms with van der Waals surface area (Å²) in [6, 6.07) is 8.93. The summed E-state index contributed by atoms with van der Waals surface area (Å²) in [5.74, 6) is -0.713. The molecule has 122 valence electrons. The van der Waals surface area contributed by atoms with Crippen molar-refractivity contribution in [2.75, 3.05) is 5.32 Å².